The highest BCUT2D eigenvalue weighted by atomic mass is 32.1. The van der Waals surface area contributed by atoms with Gasteiger partial charge in [0.05, 0.1) is 25.5 Å². The van der Waals surface area contributed by atoms with E-state index in [1.165, 1.54) is 11.3 Å². The second-order valence-electron chi connectivity index (χ2n) is 6.06. The van der Waals surface area contributed by atoms with Gasteiger partial charge in [0.15, 0.2) is 22.3 Å². The van der Waals surface area contributed by atoms with E-state index in [4.69, 9.17) is 14.6 Å². The minimum absolute atomic E-state index is 0.637. The Hall–Kier alpha value is -2.94. The van der Waals surface area contributed by atoms with Gasteiger partial charge in [-0.05, 0) is 39.0 Å². The number of benzene rings is 1. The molecule has 0 atom stereocenters. The molecule has 0 saturated heterocycles. The van der Waals surface area contributed by atoms with Gasteiger partial charge >= 0.3 is 0 Å². The first-order valence-corrected chi connectivity index (χ1v) is 9.38. The molecule has 0 aliphatic rings. The number of fused-ring (bicyclic) bond motifs is 1. The summed E-state index contributed by atoms with van der Waals surface area (Å²) in [6, 6.07) is 5.64. The lowest BCUT2D eigenvalue weighted by Crippen LogP contribution is -1.98. The van der Waals surface area contributed by atoms with E-state index in [-0.39, 0.29) is 0 Å². The zero-order valence-corrected chi connectivity index (χ0v) is 16.7. The van der Waals surface area contributed by atoms with Crippen molar-refractivity contribution in [2.75, 3.05) is 14.2 Å². The number of hydrogen-bond acceptors (Lipinski definition) is 7. The van der Waals surface area contributed by atoms with Crippen molar-refractivity contribution in [3.8, 4) is 33.5 Å². The van der Waals surface area contributed by atoms with E-state index < -0.39 is 0 Å². The summed E-state index contributed by atoms with van der Waals surface area (Å²) in [6.45, 7) is 6.98. The number of methoxy groups -OCH3 is 2. The molecule has 0 N–H and O–H groups in total. The lowest BCUT2D eigenvalue weighted by molar-refractivity contribution is 0.355. The fourth-order valence-electron chi connectivity index (χ4n) is 3.19. The topological polar surface area (TPSA) is 79.4 Å². The molecule has 3 aromatic heterocycles. The van der Waals surface area contributed by atoms with Crippen LogP contribution >= 0.6 is 11.3 Å². The Morgan fingerprint density at radius 1 is 1.04 bits per heavy atom. The molecule has 0 aliphatic carbocycles. The Morgan fingerprint density at radius 3 is 2.48 bits per heavy atom. The van der Waals surface area contributed by atoms with Crippen LogP contribution in [0.2, 0.25) is 0 Å². The molecule has 4 aromatic rings. The van der Waals surface area contributed by atoms with Crippen LogP contribution in [0, 0.1) is 13.8 Å². The van der Waals surface area contributed by atoms with Gasteiger partial charge in [0.1, 0.15) is 0 Å². The predicted octanol–water partition coefficient (Wildman–Crippen LogP) is 3.37. The highest BCUT2D eigenvalue weighted by molar-refractivity contribution is 7.19. The second-order valence-corrected chi connectivity index (χ2v) is 7.01. The van der Waals surface area contributed by atoms with E-state index in [9.17, 15) is 0 Å². The van der Waals surface area contributed by atoms with Gasteiger partial charge in [-0.3, -0.25) is 4.68 Å². The lowest BCUT2D eigenvalue weighted by Gasteiger charge is -2.08. The third-order valence-electron chi connectivity index (χ3n) is 4.53. The van der Waals surface area contributed by atoms with Crippen molar-refractivity contribution in [1.82, 2.24) is 29.6 Å². The van der Waals surface area contributed by atoms with Gasteiger partial charge in [-0.2, -0.15) is 14.7 Å². The van der Waals surface area contributed by atoms with Crippen LogP contribution in [0.5, 0.6) is 11.5 Å². The van der Waals surface area contributed by atoms with Crippen molar-refractivity contribution in [3.05, 3.63) is 29.6 Å². The lowest BCUT2D eigenvalue weighted by atomic mass is 10.2. The molecule has 0 radical (unpaired) electrons. The molecule has 1 aromatic carbocycles. The molecule has 27 heavy (non-hydrogen) atoms. The van der Waals surface area contributed by atoms with E-state index in [1.54, 1.807) is 18.7 Å². The van der Waals surface area contributed by atoms with E-state index in [0.717, 1.165) is 39.0 Å². The van der Waals surface area contributed by atoms with E-state index in [2.05, 4.69) is 29.1 Å². The van der Waals surface area contributed by atoms with Gasteiger partial charge in [0.2, 0.25) is 4.96 Å². The second kappa shape index (κ2) is 6.66. The van der Waals surface area contributed by atoms with Crippen molar-refractivity contribution in [2.24, 2.45) is 0 Å². The first kappa shape index (κ1) is 17.5. The molecule has 9 heteroatoms. The summed E-state index contributed by atoms with van der Waals surface area (Å²) in [4.78, 5) is 0.734. The highest BCUT2D eigenvalue weighted by Gasteiger charge is 2.20. The average Bonchev–Trinajstić information content (AvgIpc) is 3.33. The number of aromatic nitrogens is 6. The number of hydrogen-bond donors (Lipinski definition) is 0. The van der Waals surface area contributed by atoms with Crippen LogP contribution < -0.4 is 9.47 Å². The Kier molecular flexibility index (Phi) is 4.31. The molecular formula is C18H20N6O2S. The van der Waals surface area contributed by atoms with E-state index in [0.29, 0.717) is 17.3 Å². The molecule has 0 aliphatic heterocycles. The standard InChI is InChI=1S/C18H20N6O2S/c1-6-23-11(3)15(10(2)21-23)17-22-24-16(19-20-18(24)27-17)12-7-8-13(25-4)14(9-12)26-5/h7-9H,6H2,1-5H3. The Bertz CT molecular complexity index is 1130. The van der Waals surface area contributed by atoms with Crippen molar-refractivity contribution >= 4 is 16.3 Å². The van der Waals surface area contributed by atoms with Crippen LogP contribution in [-0.2, 0) is 6.54 Å². The summed E-state index contributed by atoms with van der Waals surface area (Å²) in [6.07, 6.45) is 0. The van der Waals surface area contributed by atoms with Gasteiger partial charge in [0, 0.05) is 17.8 Å². The molecule has 140 valence electrons. The summed E-state index contributed by atoms with van der Waals surface area (Å²) >= 11 is 1.50. The molecule has 0 amide bonds. The van der Waals surface area contributed by atoms with Crippen LogP contribution in [0.15, 0.2) is 18.2 Å². The predicted molar refractivity (Wildman–Crippen MR) is 104 cm³/mol. The first-order chi connectivity index (χ1) is 13.1. The molecule has 0 bridgehead atoms. The summed E-state index contributed by atoms with van der Waals surface area (Å²) in [5.41, 5.74) is 3.99. The third kappa shape index (κ3) is 2.74. The zero-order chi connectivity index (χ0) is 19.1. The maximum absolute atomic E-state index is 5.40. The van der Waals surface area contributed by atoms with Crippen LogP contribution in [0.4, 0.5) is 0 Å². The number of aryl methyl sites for hydroxylation is 2. The molecule has 0 fully saturated rings. The van der Waals surface area contributed by atoms with Crippen LogP contribution in [0.1, 0.15) is 18.3 Å². The first-order valence-electron chi connectivity index (χ1n) is 8.56. The van der Waals surface area contributed by atoms with Crippen molar-refractivity contribution < 1.29 is 9.47 Å². The molecule has 3 heterocycles. The van der Waals surface area contributed by atoms with E-state index in [1.807, 2.05) is 29.8 Å². The Balaban J connectivity index is 1.83. The SMILES string of the molecule is CCn1nc(C)c(-c2nn3c(-c4ccc(OC)c(OC)c4)nnc3s2)c1C. The summed E-state index contributed by atoms with van der Waals surface area (Å²) < 4.78 is 14.5. The normalized spacial score (nSPS) is 11.3. The highest BCUT2D eigenvalue weighted by Crippen LogP contribution is 2.34. The van der Waals surface area contributed by atoms with Gasteiger partial charge in [-0.15, -0.1) is 10.2 Å². The molecule has 0 saturated carbocycles. The number of ether oxygens (including phenoxy) is 2. The van der Waals surface area contributed by atoms with Gasteiger partial charge in [-0.1, -0.05) is 11.3 Å². The van der Waals surface area contributed by atoms with Crippen LogP contribution in [-0.4, -0.2) is 43.8 Å². The fraction of sp³-hybridized carbons (Fsp3) is 0.333. The van der Waals surface area contributed by atoms with Gasteiger partial charge in [-0.25, -0.2) is 0 Å². The van der Waals surface area contributed by atoms with Crippen molar-refractivity contribution in [1.29, 1.82) is 0 Å². The Morgan fingerprint density at radius 2 is 1.81 bits per heavy atom. The quantitative estimate of drug-likeness (QED) is 0.525. The summed E-state index contributed by atoms with van der Waals surface area (Å²) in [7, 11) is 3.22. The van der Waals surface area contributed by atoms with Gasteiger partial charge in [0.25, 0.3) is 0 Å². The smallest absolute Gasteiger partial charge is 0.235 e. The maximum atomic E-state index is 5.40. The van der Waals surface area contributed by atoms with Crippen molar-refractivity contribution in [2.45, 2.75) is 27.3 Å². The summed E-state index contributed by atoms with van der Waals surface area (Å²) in [5.74, 6) is 1.96. The molecular weight excluding hydrogens is 364 g/mol. The number of rotatable bonds is 5. The van der Waals surface area contributed by atoms with Crippen LogP contribution in [0.3, 0.4) is 0 Å². The monoisotopic (exact) mass is 384 g/mol. The molecule has 0 spiro atoms. The summed E-state index contributed by atoms with van der Waals surface area (Å²) in [5, 5.41) is 18.8. The molecule has 8 nitrogen and oxygen atoms in total. The minimum Gasteiger partial charge on any atom is -0.493 e. The average molecular weight is 384 g/mol. The number of nitrogens with zero attached hydrogens (tertiary/aromatic N) is 6. The Labute approximate surface area is 160 Å². The zero-order valence-electron chi connectivity index (χ0n) is 15.8. The van der Waals surface area contributed by atoms with E-state index >= 15 is 0 Å². The van der Waals surface area contributed by atoms with Gasteiger partial charge < -0.3 is 9.47 Å². The largest absolute Gasteiger partial charge is 0.493 e. The third-order valence-corrected chi connectivity index (χ3v) is 5.44. The minimum atomic E-state index is 0.637. The fourth-order valence-corrected chi connectivity index (χ4v) is 4.18. The van der Waals surface area contributed by atoms with Crippen LogP contribution in [0.25, 0.3) is 26.9 Å². The maximum Gasteiger partial charge on any atom is 0.235 e. The molecule has 0 unspecified atom stereocenters. The molecule has 4 rings (SSSR count). The van der Waals surface area contributed by atoms with Crippen molar-refractivity contribution in [3.63, 3.8) is 0 Å².